The summed E-state index contributed by atoms with van der Waals surface area (Å²) < 4.78 is 0. The molecule has 0 unspecified atom stereocenters. The predicted octanol–water partition coefficient (Wildman–Crippen LogP) is 2.19. The SMILES string of the molecule is CCc1cccc(C(=O)C=O)c1CC. The molecule has 0 heterocycles. The summed E-state index contributed by atoms with van der Waals surface area (Å²) in [6.07, 6.45) is 2.07. The van der Waals surface area contributed by atoms with Gasteiger partial charge in [0.1, 0.15) is 0 Å². The van der Waals surface area contributed by atoms with E-state index in [9.17, 15) is 9.59 Å². The van der Waals surface area contributed by atoms with Crippen LogP contribution in [0.2, 0.25) is 0 Å². The summed E-state index contributed by atoms with van der Waals surface area (Å²) >= 11 is 0. The highest BCUT2D eigenvalue weighted by Crippen LogP contribution is 2.16. The van der Waals surface area contributed by atoms with Gasteiger partial charge in [0.25, 0.3) is 0 Å². The van der Waals surface area contributed by atoms with Crippen molar-refractivity contribution < 1.29 is 9.59 Å². The lowest BCUT2D eigenvalue weighted by Gasteiger charge is -2.08. The van der Waals surface area contributed by atoms with E-state index in [0.717, 1.165) is 24.0 Å². The Morgan fingerprint density at radius 3 is 2.50 bits per heavy atom. The molecule has 0 radical (unpaired) electrons. The van der Waals surface area contributed by atoms with E-state index in [-0.39, 0.29) is 0 Å². The Hall–Kier alpha value is -1.44. The minimum atomic E-state index is -0.419. The van der Waals surface area contributed by atoms with Crippen molar-refractivity contribution in [1.29, 1.82) is 0 Å². The molecule has 0 aliphatic heterocycles. The van der Waals surface area contributed by atoms with Crippen molar-refractivity contribution in [3.8, 4) is 0 Å². The zero-order chi connectivity index (χ0) is 10.6. The Bertz CT molecular complexity index is 353. The van der Waals surface area contributed by atoms with E-state index in [1.54, 1.807) is 6.07 Å². The Kier molecular flexibility index (Phi) is 3.57. The van der Waals surface area contributed by atoms with E-state index < -0.39 is 5.78 Å². The Labute approximate surface area is 83.9 Å². The van der Waals surface area contributed by atoms with E-state index >= 15 is 0 Å². The van der Waals surface area contributed by atoms with Gasteiger partial charge in [0.15, 0.2) is 6.29 Å². The van der Waals surface area contributed by atoms with Crippen molar-refractivity contribution in [3.05, 3.63) is 34.9 Å². The van der Waals surface area contributed by atoms with Crippen LogP contribution in [0.15, 0.2) is 18.2 Å². The van der Waals surface area contributed by atoms with Crippen LogP contribution in [0.5, 0.6) is 0 Å². The smallest absolute Gasteiger partial charge is 0.225 e. The third kappa shape index (κ3) is 1.90. The molecule has 2 heteroatoms. The van der Waals surface area contributed by atoms with Crippen LogP contribution < -0.4 is 0 Å². The number of carbonyl (C=O) groups is 2. The Morgan fingerprint density at radius 1 is 1.29 bits per heavy atom. The number of aryl methyl sites for hydroxylation is 1. The van der Waals surface area contributed by atoms with Gasteiger partial charge in [0, 0.05) is 5.56 Å². The second-order valence-electron chi connectivity index (χ2n) is 3.13. The number of hydrogen-bond donors (Lipinski definition) is 0. The Balaban J connectivity index is 3.28. The standard InChI is InChI=1S/C12H14O2/c1-3-9-6-5-7-11(10(9)4-2)12(14)8-13/h5-8H,3-4H2,1-2H3. The van der Waals surface area contributed by atoms with Crippen LogP contribution in [0.3, 0.4) is 0 Å². The molecule has 0 N–H and O–H groups in total. The molecule has 1 rings (SSSR count). The highest BCUT2D eigenvalue weighted by Gasteiger charge is 2.11. The molecule has 74 valence electrons. The van der Waals surface area contributed by atoms with Crippen molar-refractivity contribution >= 4 is 12.1 Å². The first-order chi connectivity index (χ1) is 6.74. The average Bonchev–Trinajstić information content (AvgIpc) is 2.26. The van der Waals surface area contributed by atoms with Gasteiger partial charge < -0.3 is 0 Å². The van der Waals surface area contributed by atoms with Crippen LogP contribution in [0.4, 0.5) is 0 Å². The predicted molar refractivity (Wildman–Crippen MR) is 55.6 cm³/mol. The minimum absolute atomic E-state index is 0.383. The quantitative estimate of drug-likeness (QED) is 0.414. The number of benzene rings is 1. The number of Topliss-reactive ketones (excluding diaryl/α,β-unsaturated/α-hetero) is 1. The van der Waals surface area contributed by atoms with E-state index in [0.29, 0.717) is 11.8 Å². The normalized spacial score (nSPS) is 9.86. The number of carbonyl (C=O) groups excluding carboxylic acids is 2. The van der Waals surface area contributed by atoms with Crippen LogP contribution in [0.1, 0.15) is 35.3 Å². The van der Waals surface area contributed by atoms with Gasteiger partial charge in [0.05, 0.1) is 0 Å². The highest BCUT2D eigenvalue weighted by atomic mass is 16.2. The molecule has 14 heavy (non-hydrogen) atoms. The zero-order valence-electron chi connectivity index (χ0n) is 8.54. The summed E-state index contributed by atoms with van der Waals surface area (Å²) in [6.45, 7) is 4.04. The number of ketones is 1. The summed E-state index contributed by atoms with van der Waals surface area (Å²) in [4.78, 5) is 21.7. The fourth-order valence-corrected chi connectivity index (χ4v) is 1.68. The zero-order valence-corrected chi connectivity index (χ0v) is 8.54. The average molecular weight is 190 g/mol. The number of rotatable bonds is 4. The van der Waals surface area contributed by atoms with Gasteiger partial charge in [-0.3, -0.25) is 9.59 Å². The number of aldehydes is 1. The maximum atomic E-state index is 11.3. The molecule has 0 fully saturated rings. The molecular weight excluding hydrogens is 176 g/mol. The van der Waals surface area contributed by atoms with E-state index in [1.165, 1.54) is 0 Å². The van der Waals surface area contributed by atoms with Crippen LogP contribution in [-0.2, 0) is 17.6 Å². The maximum absolute atomic E-state index is 11.3. The largest absolute Gasteiger partial charge is 0.294 e. The first-order valence-electron chi connectivity index (χ1n) is 4.84. The maximum Gasteiger partial charge on any atom is 0.225 e. The minimum Gasteiger partial charge on any atom is -0.294 e. The molecule has 0 saturated carbocycles. The third-order valence-corrected chi connectivity index (χ3v) is 2.38. The molecule has 0 bridgehead atoms. The third-order valence-electron chi connectivity index (χ3n) is 2.38. The van der Waals surface area contributed by atoms with Gasteiger partial charge in [-0.05, 0) is 24.0 Å². The van der Waals surface area contributed by atoms with Crippen LogP contribution in [-0.4, -0.2) is 12.1 Å². The van der Waals surface area contributed by atoms with E-state index in [4.69, 9.17) is 0 Å². The van der Waals surface area contributed by atoms with Gasteiger partial charge in [0.2, 0.25) is 5.78 Å². The van der Waals surface area contributed by atoms with E-state index in [1.807, 2.05) is 26.0 Å². The molecule has 0 aliphatic rings. The van der Waals surface area contributed by atoms with Gasteiger partial charge in [-0.15, -0.1) is 0 Å². The van der Waals surface area contributed by atoms with Gasteiger partial charge in [-0.1, -0.05) is 32.0 Å². The molecule has 1 aromatic rings. The summed E-state index contributed by atoms with van der Waals surface area (Å²) in [6, 6.07) is 5.55. The summed E-state index contributed by atoms with van der Waals surface area (Å²) in [5.41, 5.74) is 2.72. The molecule has 0 atom stereocenters. The lowest BCUT2D eigenvalue weighted by Crippen LogP contribution is -2.06. The lowest BCUT2D eigenvalue weighted by atomic mass is 9.95. The van der Waals surface area contributed by atoms with Crippen molar-refractivity contribution in [2.45, 2.75) is 26.7 Å². The van der Waals surface area contributed by atoms with Crippen LogP contribution >= 0.6 is 0 Å². The van der Waals surface area contributed by atoms with Crippen LogP contribution in [0, 0.1) is 0 Å². The van der Waals surface area contributed by atoms with Gasteiger partial charge in [-0.25, -0.2) is 0 Å². The second-order valence-corrected chi connectivity index (χ2v) is 3.13. The fourth-order valence-electron chi connectivity index (χ4n) is 1.68. The van der Waals surface area contributed by atoms with Gasteiger partial charge >= 0.3 is 0 Å². The molecular formula is C12H14O2. The molecule has 0 saturated heterocycles. The van der Waals surface area contributed by atoms with Crippen molar-refractivity contribution in [1.82, 2.24) is 0 Å². The number of hydrogen-bond acceptors (Lipinski definition) is 2. The van der Waals surface area contributed by atoms with Crippen LogP contribution in [0.25, 0.3) is 0 Å². The second kappa shape index (κ2) is 4.70. The first kappa shape index (κ1) is 10.6. The fraction of sp³-hybridized carbons (Fsp3) is 0.333. The van der Waals surface area contributed by atoms with Gasteiger partial charge in [-0.2, -0.15) is 0 Å². The molecule has 0 aromatic heterocycles. The van der Waals surface area contributed by atoms with Crippen molar-refractivity contribution in [3.63, 3.8) is 0 Å². The van der Waals surface area contributed by atoms with E-state index in [2.05, 4.69) is 0 Å². The first-order valence-corrected chi connectivity index (χ1v) is 4.84. The lowest BCUT2D eigenvalue weighted by molar-refractivity contribution is -0.104. The van der Waals surface area contributed by atoms with Crippen molar-refractivity contribution in [2.75, 3.05) is 0 Å². The Morgan fingerprint density at radius 2 is 2.00 bits per heavy atom. The monoisotopic (exact) mass is 190 g/mol. The molecule has 1 aromatic carbocycles. The van der Waals surface area contributed by atoms with Crippen molar-refractivity contribution in [2.24, 2.45) is 0 Å². The highest BCUT2D eigenvalue weighted by molar-refractivity contribution is 6.33. The summed E-state index contributed by atoms with van der Waals surface area (Å²) in [7, 11) is 0. The molecule has 0 amide bonds. The summed E-state index contributed by atoms with van der Waals surface area (Å²) in [5, 5.41) is 0. The molecule has 0 aliphatic carbocycles. The summed E-state index contributed by atoms with van der Waals surface area (Å²) in [5.74, 6) is -0.419. The molecule has 0 spiro atoms. The molecule has 2 nitrogen and oxygen atoms in total. The topological polar surface area (TPSA) is 34.1 Å².